The molecule has 0 bridgehead atoms. The van der Waals surface area contributed by atoms with Crippen molar-refractivity contribution in [1.29, 1.82) is 0 Å². The normalized spacial score (nSPS) is 18.4. The average molecular weight is 218 g/mol. The lowest BCUT2D eigenvalue weighted by molar-refractivity contribution is 0.310. The number of likely N-dealkylation sites (N-methyl/N-ethyl adjacent to an activating group) is 1. The van der Waals surface area contributed by atoms with Gasteiger partial charge in [0.25, 0.3) is 0 Å². The lowest BCUT2D eigenvalue weighted by Crippen LogP contribution is -2.30. The third kappa shape index (κ3) is 2.67. The molecular weight excluding hydrogens is 198 g/mol. The van der Waals surface area contributed by atoms with Crippen LogP contribution in [0, 0.1) is 6.07 Å². The van der Waals surface area contributed by atoms with Crippen molar-refractivity contribution in [3.8, 4) is 0 Å². The highest BCUT2D eigenvalue weighted by atomic mass is 15.2. The van der Waals surface area contributed by atoms with E-state index in [1.54, 1.807) is 0 Å². The van der Waals surface area contributed by atoms with E-state index in [9.17, 15) is 0 Å². The number of rotatable bonds is 2. The van der Waals surface area contributed by atoms with Gasteiger partial charge in [-0.1, -0.05) is 13.0 Å². The van der Waals surface area contributed by atoms with Crippen molar-refractivity contribution in [3.63, 3.8) is 0 Å². The fourth-order valence-electron chi connectivity index (χ4n) is 2.21. The van der Waals surface area contributed by atoms with Crippen molar-refractivity contribution in [2.75, 3.05) is 43.4 Å². The topological polar surface area (TPSA) is 32.5 Å². The van der Waals surface area contributed by atoms with Crippen LogP contribution in [-0.2, 0) is 0 Å². The highest BCUT2D eigenvalue weighted by molar-refractivity contribution is 5.55. The van der Waals surface area contributed by atoms with Crippen LogP contribution in [-0.4, -0.2) is 37.6 Å². The Morgan fingerprint density at radius 3 is 2.94 bits per heavy atom. The van der Waals surface area contributed by atoms with Crippen molar-refractivity contribution >= 4 is 11.4 Å². The minimum atomic E-state index is 0.731. The van der Waals surface area contributed by atoms with Crippen LogP contribution in [0.15, 0.2) is 18.2 Å². The van der Waals surface area contributed by atoms with Crippen molar-refractivity contribution < 1.29 is 0 Å². The van der Waals surface area contributed by atoms with Gasteiger partial charge in [-0.05, 0) is 31.6 Å². The first-order valence-corrected chi connectivity index (χ1v) is 6.04. The first kappa shape index (κ1) is 11.3. The van der Waals surface area contributed by atoms with E-state index < -0.39 is 0 Å². The van der Waals surface area contributed by atoms with E-state index >= 15 is 0 Å². The Morgan fingerprint density at radius 1 is 1.31 bits per heavy atom. The molecule has 0 saturated carbocycles. The summed E-state index contributed by atoms with van der Waals surface area (Å²) in [6.45, 7) is 7.96. The van der Waals surface area contributed by atoms with Crippen molar-refractivity contribution in [1.82, 2.24) is 4.90 Å². The molecule has 0 unspecified atom stereocenters. The fraction of sp³-hybridized carbons (Fsp3) is 0.538. The van der Waals surface area contributed by atoms with Crippen molar-refractivity contribution in [3.05, 3.63) is 24.3 Å². The molecule has 2 N–H and O–H groups in total. The number of hydrogen-bond acceptors (Lipinski definition) is 3. The van der Waals surface area contributed by atoms with Gasteiger partial charge in [0.05, 0.1) is 0 Å². The van der Waals surface area contributed by atoms with Crippen molar-refractivity contribution in [2.45, 2.75) is 13.3 Å². The Morgan fingerprint density at radius 2 is 2.19 bits per heavy atom. The fourth-order valence-corrected chi connectivity index (χ4v) is 2.21. The van der Waals surface area contributed by atoms with E-state index in [2.05, 4.69) is 28.9 Å². The van der Waals surface area contributed by atoms with Crippen LogP contribution in [0.1, 0.15) is 13.3 Å². The molecule has 0 aliphatic carbocycles. The zero-order valence-corrected chi connectivity index (χ0v) is 9.95. The van der Waals surface area contributed by atoms with Crippen LogP contribution in [0.5, 0.6) is 0 Å². The molecular formula is C13H20N3. The van der Waals surface area contributed by atoms with Crippen molar-refractivity contribution in [2.24, 2.45) is 0 Å². The van der Waals surface area contributed by atoms with Gasteiger partial charge in [-0.2, -0.15) is 0 Å². The Labute approximate surface area is 97.8 Å². The lowest BCUT2D eigenvalue weighted by Gasteiger charge is -2.23. The van der Waals surface area contributed by atoms with Gasteiger partial charge < -0.3 is 15.5 Å². The second-order valence-corrected chi connectivity index (χ2v) is 4.28. The Kier molecular flexibility index (Phi) is 3.67. The summed E-state index contributed by atoms with van der Waals surface area (Å²) in [5.41, 5.74) is 7.73. The Balaban J connectivity index is 2.04. The van der Waals surface area contributed by atoms with E-state index in [-0.39, 0.29) is 0 Å². The molecule has 87 valence electrons. The molecule has 0 spiro atoms. The molecule has 0 atom stereocenters. The van der Waals surface area contributed by atoms with Crippen LogP contribution >= 0.6 is 0 Å². The first-order valence-electron chi connectivity index (χ1n) is 6.04. The van der Waals surface area contributed by atoms with Gasteiger partial charge in [-0.3, -0.25) is 0 Å². The molecule has 0 aromatic heterocycles. The molecule has 1 aliphatic heterocycles. The van der Waals surface area contributed by atoms with E-state index in [0.29, 0.717) is 0 Å². The molecule has 2 rings (SSSR count). The summed E-state index contributed by atoms with van der Waals surface area (Å²) < 4.78 is 0. The summed E-state index contributed by atoms with van der Waals surface area (Å²) >= 11 is 0. The van der Waals surface area contributed by atoms with Crippen LogP contribution < -0.4 is 10.6 Å². The Bertz CT molecular complexity index is 338. The van der Waals surface area contributed by atoms with Gasteiger partial charge >= 0.3 is 0 Å². The lowest BCUT2D eigenvalue weighted by atomic mass is 10.2. The molecule has 0 amide bonds. The zero-order chi connectivity index (χ0) is 11.4. The van der Waals surface area contributed by atoms with Gasteiger partial charge in [0.2, 0.25) is 0 Å². The van der Waals surface area contributed by atoms with Crippen LogP contribution in [0.4, 0.5) is 11.4 Å². The second kappa shape index (κ2) is 5.21. The van der Waals surface area contributed by atoms with E-state index in [1.807, 2.05) is 12.1 Å². The molecule has 3 heteroatoms. The molecule has 1 aromatic rings. The van der Waals surface area contributed by atoms with Gasteiger partial charge in [0.1, 0.15) is 0 Å². The number of nitrogen functional groups attached to an aromatic ring is 1. The minimum absolute atomic E-state index is 0.731. The first-order chi connectivity index (χ1) is 7.79. The molecule has 1 aliphatic rings. The zero-order valence-electron chi connectivity index (χ0n) is 9.95. The molecule has 1 aromatic carbocycles. The maximum Gasteiger partial charge on any atom is 0.0415 e. The molecule has 1 heterocycles. The van der Waals surface area contributed by atoms with Gasteiger partial charge in [0.15, 0.2) is 0 Å². The summed E-state index contributed by atoms with van der Waals surface area (Å²) in [6, 6.07) is 9.01. The quantitative estimate of drug-likeness (QED) is 0.765. The average Bonchev–Trinajstić information content (AvgIpc) is 2.54. The van der Waals surface area contributed by atoms with Crippen LogP contribution in [0.25, 0.3) is 0 Å². The Hall–Kier alpha value is -1.22. The number of benzene rings is 1. The molecule has 1 radical (unpaired) electrons. The third-order valence-corrected chi connectivity index (χ3v) is 3.21. The van der Waals surface area contributed by atoms with E-state index in [0.717, 1.165) is 31.9 Å². The highest BCUT2D eigenvalue weighted by Gasteiger charge is 2.13. The van der Waals surface area contributed by atoms with Gasteiger partial charge in [-0.25, -0.2) is 0 Å². The standard InChI is InChI=1S/C13H20N3/c1-2-15-7-4-8-16(10-9-15)13-6-3-5-12(14)11-13/h3,6,11H,2,4,7-10,14H2,1H3. The molecule has 3 nitrogen and oxygen atoms in total. The summed E-state index contributed by atoms with van der Waals surface area (Å²) in [4.78, 5) is 4.91. The maximum absolute atomic E-state index is 5.77. The summed E-state index contributed by atoms with van der Waals surface area (Å²) in [5.74, 6) is 0. The number of nitrogens with zero attached hydrogens (tertiary/aromatic N) is 2. The van der Waals surface area contributed by atoms with Crippen LogP contribution in [0.2, 0.25) is 0 Å². The highest BCUT2D eigenvalue weighted by Crippen LogP contribution is 2.18. The summed E-state index contributed by atoms with van der Waals surface area (Å²) in [5, 5.41) is 0. The predicted molar refractivity (Wildman–Crippen MR) is 68.6 cm³/mol. The largest absolute Gasteiger partial charge is 0.398 e. The van der Waals surface area contributed by atoms with E-state index in [1.165, 1.54) is 18.7 Å². The monoisotopic (exact) mass is 218 g/mol. The number of hydrogen-bond donors (Lipinski definition) is 1. The summed E-state index contributed by atoms with van der Waals surface area (Å²) in [6.07, 6.45) is 1.23. The number of nitrogens with two attached hydrogens (primary N) is 1. The maximum atomic E-state index is 5.77. The molecule has 16 heavy (non-hydrogen) atoms. The SMILES string of the molecule is CCN1CCCN(c2cc[c]c(N)c2)CC1. The smallest absolute Gasteiger partial charge is 0.0415 e. The van der Waals surface area contributed by atoms with Gasteiger partial charge in [0, 0.05) is 37.1 Å². The molecule has 1 saturated heterocycles. The third-order valence-electron chi connectivity index (χ3n) is 3.21. The number of anilines is 2. The van der Waals surface area contributed by atoms with Crippen LogP contribution in [0.3, 0.4) is 0 Å². The predicted octanol–water partition coefficient (Wildman–Crippen LogP) is 1.60. The van der Waals surface area contributed by atoms with Gasteiger partial charge in [-0.15, -0.1) is 0 Å². The summed E-state index contributed by atoms with van der Waals surface area (Å²) in [7, 11) is 0. The minimum Gasteiger partial charge on any atom is -0.398 e. The second-order valence-electron chi connectivity index (χ2n) is 4.28. The molecule has 1 fully saturated rings. The van der Waals surface area contributed by atoms with E-state index in [4.69, 9.17) is 5.73 Å².